The van der Waals surface area contributed by atoms with Gasteiger partial charge in [0.2, 0.25) is 0 Å². The molecule has 158 valence electrons. The van der Waals surface area contributed by atoms with Gasteiger partial charge in [0.05, 0.1) is 0 Å². The minimum Gasteiger partial charge on any atom is -0.507 e. The lowest BCUT2D eigenvalue weighted by atomic mass is 9.83. The van der Waals surface area contributed by atoms with E-state index in [1.807, 2.05) is 48.5 Å². The van der Waals surface area contributed by atoms with Gasteiger partial charge in [-0.1, -0.05) is 121 Å². The van der Waals surface area contributed by atoms with Crippen LogP contribution in [0.5, 0.6) is 5.75 Å². The molecule has 1 N–H and O–H groups in total. The Bertz CT molecular complexity index is 1430. The Morgan fingerprint density at radius 1 is 0.485 bits per heavy atom. The van der Waals surface area contributed by atoms with Gasteiger partial charge in [-0.2, -0.15) is 0 Å². The predicted molar refractivity (Wildman–Crippen MR) is 137 cm³/mol. The summed E-state index contributed by atoms with van der Waals surface area (Å²) in [7, 11) is 0. The van der Waals surface area contributed by atoms with Crippen molar-refractivity contribution in [2.24, 2.45) is 0 Å². The molecule has 0 atom stereocenters. The molecule has 33 heavy (non-hydrogen) atoms. The fourth-order valence-corrected chi connectivity index (χ4v) is 5.27. The lowest BCUT2D eigenvalue weighted by molar-refractivity contribution is 0.479. The summed E-state index contributed by atoms with van der Waals surface area (Å²) < 4.78 is 0. The van der Waals surface area contributed by atoms with E-state index in [4.69, 9.17) is 0 Å². The Balaban J connectivity index is 1.60. The number of para-hydroxylation sites is 1. The normalized spacial score (nSPS) is 12.4. The van der Waals surface area contributed by atoms with Crippen LogP contribution in [-0.2, 0) is 0 Å². The second-order valence-corrected chi connectivity index (χ2v) is 8.77. The molecule has 1 heteroatoms. The Hall–Kier alpha value is -4.10. The molecule has 0 aliphatic heterocycles. The maximum absolute atomic E-state index is 11.4. The summed E-state index contributed by atoms with van der Waals surface area (Å²) in [5.41, 5.74) is 11.5. The number of benzene rings is 5. The van der Waals surface area contributed by atoms with E-state index in [0.717, 1.165) is 22.3 Å². The van der Waals surface area contributed by atoms with E-state index in [9.17, 15) is 5.11 Å². The molecular formula is C32H24O. The SMILES string of the molecule is Cc1ccc(-c2cccc(-c3ccccc3)c2O)c(C2c3ccccc3-c3ccccc32)c1. The van der Waals surface area contributed by atoms with E-state index in [2.05, 4.69) is 73.7 Å². The molecule has 5 aromatic rings. The van der Waals surface area contributed by atoms with Crippen LogP contribution >= 0.6 is 0 Å². The molecule has 0 bridgehead atoms. The molecule has 0 saturated carbocycles. The first-order chi connectivity index (χ1) is 16.2. The lowest BCUT2D eigenvalue weighted by Crippen LogP contribution is -2.02. The number of aryl methyl sites for hydroxylation is 1. The number of rotatable bonds is 3. The summed E-state index contributed by atoms with van der Waals surface area (Å²) >= 11 is 0. The zero-order chi connectivity index (χ0) is 22.4. The van der Waals surface area contributed by atoms with Crippen molar-refractivity contribution in [3.05, 3.63) is 138 Å². The molecule has 0 heterocycles. The van der Waals surface area contributed by atoms with E-state index >= 15 is 0 Å². The van der Waals surface area contributed by atoms with Gasteiger partial charge in [0.15, 0.2) is 0 Å². The third kappa shape index (κ3) is 3.16. The van der Waals surface area contributed by atoms with E-state index in [1.54, 1.807) is 0 Å². The van der Waals surface area contributed by atoms with E-state index < -0.39 is 0 Å². The Kier molecular flexibility index (Phi) is 4.62. The van der Waals surface area contributed by atoms with Crippen molar-refractivity contribution in [2.75, 3.05) is 0 Å². The second kappa shape index (κ2) is 7.79. The highest BCUT2D eigenvalue weighted by Gasteiger charge is 2.31. The van der Waals surface area contributed by atoms with E-state index in [1.165, 1.54) is 33.4 Å². The van der Waals surface area contributed by atoms with Gasteiger partial charge in [0, 0.05) is 17.0 Å². The Morgan fingerprint density at radius 3 is 1.73 bits per heavy atom. The largest absolute Gasteiger partial charge is 0.507 e. The van der Waals surface area contributed by atoms with Gasteiger partial charge < -0.3 is 5.11 Å². The van der Waals surface area contributed by atoms with Crippen molar-refractivity contribution in [1.29, 1.82) is 0 Å². The smallest absolute Gasteiger partial charge is 0.131 e. The summed E-state index contributed by atoms with van der Waals surface area (Å²) in [6.45, 7) is 2.14. The summed E-state index contributed by atoms with van der Waals surface area (Å²) in [5.74, 6) is 0.459. The Morgan fingerprint density at radius 2 is 1.03 bits per heavy atom. The molecule has 6 rings (SSSR count). The monoisotopic (exact) mass is 424 g/mol. The van der Waals surface area contributed by atoms with Gasteiger partial charge >= 0.3 is 0 Å². The number of aromatic hydroxyl groups is 1. The first kappa shape index (κ1) is 19.6. The lowest BCUT2D eigenvalue weighted by Gasteiger charge is -2.21. The maximum Gasteiger partial charge on any atom is 0.131 e. The summed E-state index contributed by atoms with van der Waals surface area (Å²) in [6, 6.07) is 40.1. The highest BCUT2D eigenvalue weighted by Crippen LogP contribution is 2.51. The van der Waals surface area contributed by atoms with Gasteiger partial charge in [-0.05, 0) is 45.9 Å². The molecule has 0 amide bonds. The van der Waals surface area contributed by atoms with Crippen LogP contribution in [0.1, 0.15) is 28.2 Å². The van der Waals surface area contributed by atoms with Crippen molar-refractivity contribution < 1.29 is 5.11 Å². The summed E-state index contributed by atoms with van der Waals surface area (Å²) in [6.07, 6.45) is 0. The van der Waals surface area contributed by atoms with Crippen molar-refractivity contribution in [2.45, 2.75) is 12.8 Å². The highest BCUT2D eigenvalue weighted by atomic mass is 16.3. The number of fused-ring (bicyclic) bond motifs is 3. The quantitative estimate of drug-likeness (QED) is 0.303. The van der Waals surface area contributed by atoms with E-state index in [0.29, 0.717) is 5.75 Å². The third-order valence-corrected chi connectivity index (χ3v) is 6.76. The average Bonchev–Trinajstić information content (AvgIpc) is 3.19. The minimum absolute atomic E-state index is 0.132. The molecule has 1 nitrogen and oxygen atoms in total. The van der Waals surface area contributed by atoms with Crippen LogP contribution in [-0.4, -0.2) is 5.11 Å². The topological polar surface area (TPSA) is 20.2 Å². The zero-order valence-electron chi connectivity index (χ0n) is 18.5. The number of phenolic OH excluding ortho intramolecular Hbond substituents is 1. The van der Waals surface area contributed by atoms with Crippen molar-refractivity contribution in [3.8, 4) is 39.1 Å². The molecule has 1 aliphatic carbocycles. The van der Waals surface area contributed by atoms with Gasteiger partial charge in [0.1, 0.15) is 5.75 Å². The number of phenols is 1. The summed E-state index contributed by atoms with van der Waals surface area (Å²) in [5, 5.41) is 11.4. The van der Waals surface area contributed by atoms with Crippen LogP contribution in [0.2, 0.25) is 0 Å². The van der Waals surface area contributed by atoms with Crippen LogP contribution in [0.3, 0.4) is 0 Å². The molecule has 1 aliphatic rings. The minimum atomic E-state index is 0.132. The van der Waals surface area contributed by atoms with Gasteiger partial charge in [-0.3, -0.25) is 0 Å². The first-order valence-electron chi connectivity index (χ1n) is 11.4. The average molecular weight is 425 g/mol. The Labute approximate surface area is 194 Å². The molecule has 0 fully saturated rings. The van der Waals surface area contributed by atoms with Crippen molar-refractivity contribution in [1.82, 2.24) is 0 Å². The van der Waals surface area contributed by atoms with Crippen LogP contribution in [0, 0.1) is 6.92 Å². The summed E-state index contributed by atoms with van der Waals surface area (Å²) in [4.78, 5) is 0. The predicted octanol–water partition coefficient (Wildman–Crippen LogP) is 8.20. The molecule has 0 spiro atoms. The fraction of sp³-hybridized carbons (Fsp3) is 0.0625. The first-order valence-corrected chi connectivity index (χ1v) is 11.4. The maximum atomic E-state index is 11.4. The molecule has 0 saturated heterocycles. The number of hydrogen-bond donors (Lipinski definition) is 1. The highest BCUT2D eigenvalue weighted by molar-refractivity contribution is 5.87. The molecule has 0 radical (unpaired) electrons. The van der Waals surface area contributed by atoms with Crippen LogP contribution in [0.4, 0.5) is 0 Å². The standard InChI is InChI=1S/C32H24O/c1-21-18-19-26(29-17-9-16-23(32(29)33)22-10-3-2-4-11-22)30(20-21)31-27-14-7-5-12-24(27)25-13-6-8-15-28(25)31/h2-20,31,33H,1H3. The third-order valence-electron chi connectivity index (χ3n) is 6.76. The van der Waals surface area contributed by atoms with Crippen LogP contribution < -0.4 is 0 Å². The van der Waals surface area contributed by atoms with Crippen LogP contribution in [0.25, 0.3) is 33.4 Å². The molecular weight excluding hydrogens is 400 g/mol. The molecule has 0 aromatic heterocycles. The van der Waals surface area contributed by atoms with Gasteiger partial charge in [-0.15, -0.1) is 0 Å². The van der Waals surface area contributed by atoms with E-state index in [-0.39, 0.29) is 5.92 Å². The fourth-order valence-electron chi connectivity index (χ4n) is 5.27. The molecule has 5 aromatic carbocycles. The van der Waals surface area contributed by atoms with Gasteiger partial charge in [0.25, 0.3) is 0 Å². The molecule has 0 unspecified atom stereocenters. The van der Waals surface area contributed by atoms with Crippen molar-refractivity contribution >= 4 is 0 Å². The second-order valence-electron chi connectivity index (χ2n) is 8.77. The zero-order valence-corrected chi connectivity index (χ0v) is 18.5. The van der Waals surface area contributed by atoms with Gasteiger partial charge in [-0.25, -0.2) is 0 Å². The van der Waals surface area contributed by atoms with Crippen molar-refractivity contribution in [3.63, 3.8) is 0 Å². The van der Waals surface area contributed by atoms with Crippen LogP contribution in [0.15, 0.2) is 115 Å². The number of hydrogen-bond acceptors (Lipinski definition) is 1.